The number of thioether (sulfide) groups is 1. The molecule has 0 fully saturated rings. The van der Waals surface area contributed by atoms with Crippen LogP contribution in [0.2, 0.25) is 0 Å². The van der Waals surface area contributed by atoms with E-state index in [0.717, 1.165) is 29.2 Å². The van der Waals surface area contributed by atoms with Gasteiger partial charge in [0.1, 0.15) is 5.75 Å². The van der Waals surface area contributed by atoms with Gasteiger partial charge in [-0.15, -0.1) is 11.8 Å². The molecule has 1 aromatic carbocycles. The van der Waals surface area contributed by atoms with E-state index in [4.69, 9.17) is 19.2 Å². The van der Waals surface area contributed by atoms with E-state index >= 15 is 0 Å². The summed E-state index contributed by atoms with van der Waals surface area (Å²) in [6.45, 7) is 8.56. The number of hydrogen-bond acceptors (Lipinski definition) is 8. The van der Waals surface area contributed by atoms with Crippen molar-refractivity contribution in [1.29, 1.82) is 0 Å². The number of fused-ring (bicyclic) bond motifs is 1. The van der Waals surface area contributed by atoms with Gasteiger partial charge < -0.3 is 19.5 Å². The van der Waals surface area contributed by atoms with Crippen LogP contribution >= 0.6 is 11.8 Å². The van der Waals surface area contributed by atoms with Gasteiger partial charge in [-0.1, -0.05) is 13.8 Å². The average Bonchev–Trinajstić information content (AvgIpc) is 2.73. The van der Waals surface area contributed by atoms with Crippen LogP contribution in [0.3, 0.4) is 0 Å². The van der Waals surface area contributed by atoms with Crippen molar-refractivity contribution in [2.45, 2.75) is 46.6 Å². The zero-order chi connectivity index (χ0) is 22.6. The molecule has 0 saturated carbocycles. The molecule has 0 radical (unpaired) electrons. The first kappa shape index (κ1) is 23.2. The molecule has 1 aliphatic carbocycles. The smallest absolute Gasteiger partial charge is 0.340 e. The maximum absolute atomic E-state index is 12.6. The molecule has 1 N–H and O–H groups in total. The zero-order valence-corrected chi connectivity index (χ0v) is 19.6. The molecule has 0 bridgehead atoms. The van der Waals surface area contributed by atoms with Gasteiger partial charge in [-0.25, -0.2) is 9.59 Å². The number of anilines is 1. The van der Waals surface area contributed by atoms with Crippen LogP contribution in [0.25, 0.3) is 0 Å². The third-order valence-electron chi connectivity index (χ3n) is 5.10. The minimum atomic E-state index is -0.477. The number of aliphatic imine (C=N–C) groups is 1. The summed E-state index contributed by atoms with van der Waals surface area (Å²) in [5.74, 6) is 0.439. The van der Waals surface area contributed by atoms with Crippen LogP contribution < -0.4 is 10.1 Å². The number of nitrogens with zero attached hydrogens (tertiary/aromatic N) is 1. The van der Waals surface area contributed by atoms with E-state index in [1.54, 1.807) is 38.8 Å². The second-order valence-corrected chi connectivity index (χ2v) is 9.27. The SMILES string of the molecule is CCOC(=O)c1cc(OC)ccc1NC1=C2SCC(C(=O)OCC)N=C2CC(C)(C)C1. The van der Waals surface area contributed by atoms with E-state index < -0.39 is 12.0 Å². The number of hydrogen-bond donors (Lipinski definition) is 1. The van der Waals surface area contributed by atoms with Crippen molar-refractivity contribution in [2.75, 3.05) is 31.4 Å². The molecule has 1 unspecified atom stereocenters. The fourth-order valence-corrected chi connectivity index (χ4v) is 4.88. The Morgan fingerprint density at radius 3 is 2.61 bits per heavy atom. The molecule has 0 aromatic heterocycles. The van der Waals surface area contributed by atoms with Crippen LogP contribution in [-0.2, 0) is 14.3 Å². The van der Waals surface area contributed by atoms with E-state index in [2.05, 4.69) is 19.2 Å². The Morgan fingerprint density at radius 1 is 1.19 bits per heavy atom. The fourth-order valence-electron chi connectivity index (χ4n) is 3.75. The molecular weight excluding hydrogens is 416 g/mol. The maximum atomic E-state index is 12.6. The zero-order valence-electron chi connectivity index (χ0n) is 18.7. The van der Waals surface area contributed by atoms with Crippen molar-refractivity contribution < 1.29 is 23.8 Å². The van der Waals surface area contributed by atoms with Crippen LogP contribution in [0.15, 0.2) is 33.8 Å². The number of nitrogens with one attached hydrogen (secondary N) is 1. The lowest BCUT2D eigenvalue weighted by atomic mass is 9.78. The molecule has 31 heavy (non-hydrogen) atoms. The Labute approximate surface area is 187 Å². The van der Waals surface area contributed by atoms with Gasteiger partial charge in [0.05, 0.1) is 37.3 Å². The lowest BCUT2D eigenvalue weighted by Crippen LogP contribution is -2.35. The van der Waals surface area contributed by atoms with Crippen LogP contribution in [-0.4, -0.2) is 49.8 Å². The molecule has 168 valence electrons. The minimum Gasteiger partial charge on any atom is -0.497 e. The Balaban J connectivity index is 1.98. The summed E-state index contributed by atoms with van der Waals surface area (Å²) in [4.78, 5) is 30.5. The third-order valence-corrected chi connectivity index (χ3v) is 6.35. The quantitative estimate of drug-likeness (QED) is 0.620. The number of benzene rings is 1. The van der Waals surface area contributed by atoms with Crippen molar-refractivity contribution in [1.82, 2.24) is 0 Å². The highest BCUT2D eigenvalue weighted by molar-refractivity contribution is 8.04. The lowest BCUT2D eigenvalue weighted by Gasteiger charge is -2.37. The molecular formula is C23H30N2O5S. The summed E-state index contributed by atoms with van der Waals surface area (Å²) in [5.41, 5.74) is 2.95. The maximum Gasteiger partial charge on any atom is 0.340 e. The van der Waals surface area contributed by atoms with Gasteiger partial charge in [0.15, 0.2) is 6.04 Å². The van der Waals surface area contributed by atoms with E-state index in [1.807, 2.05) is 12.1 Å². The molecule has 0 saturated heterocycles. The predicted molar refractivity (Wildman–Crippen MR) is 123 cm³/mol. The summed E-state index contributed by atoms with van der Waals surface area (Å²) in [5, 5.41) is 3.47. The van der Waals surface area contributed by atoms with Gasteiger partial charge in [0.25, 0.3) is 0 Å². The standard InChI is InChI=1S/C23H30N2O5S/c1-6-29-21(26)15-10-14(28-5)8-9-16(15)24-17-11-23(3,4)12-18-20(17)31-13-19(25-18)22(27)30-7-2/h8-10,19,24H,6-7,11-13H2,1-5H3. The topological polar surface area (TPSA) is 86.2 Å². The van der Waals surface area contributed by atoms with E-state index in [-0.39, 0.29) is 11.4 Å². The molecule has 8 heteroatoms. The predicted octanol–water partition coefficient (Wildman–Crippen LogP) is 4.43. The Hall–Kier alpha value is -2.48. The highest BCUT2D eigenvalue weighted by atomic mass is 32.2. The Morgan fingerprint density at radius 2 is 1.94 bits per heavy atom. The van der Waals surface area contributed by atoms with Gasteiger partial charge in [-0.2, -0.15) is 0 Å². The van der Waals surface area contributed by atoms with Crippen molar-refractivity contribution in [3.8, 4) is 5.75 Å². The number of allylic oxidation sites excluding steroid dienone is 2. The molecule has 2 aliphatic rings. The van der Waals surface area contributed by atoms with Crippen molar-refractivity contribution in [3.05, 3.63) is 34.4 Å². The van der Waals surface area contributed by atoms with Gasteiger partial charge in [-0.05, 0) is 50.3 Å². The first-order valence-electron chi connectivity index (χ1n) is 10.5. The first-order valence-corrected chi connectivity index (χ1v) is 11.5. The second kappa shape index (κ2) is 9.77. The summed E-state index contributed by atoms with van der Waals surface area (Å²) in [6, 6.07) is 4.84. The molecule has 1 aromatic rings. The summed E-state index contributed by atoms with van der Waals surface area (Å²) in [7, 11) is 1.56. The first-order chi connectivity index (χ1) is 14.8. The molecule has 3 rings (SSSR count). The highest BCUT2D eigenvalue weighted by Gasteiger charge is 2.36. The lowest BCUT2D eigenvalue weighted by molar-refractivity contribution is -0.144. The highest BCUT2D eigenvalue weighted by Crippen LogP contribution is 2.44. The van der Waals surface area contributed by atoms with Crippen molar-refractivity contribution in [3.63, 3.8) is 0 Å². The number of methoxy groups -OCH3 is 1. The molecule has 0 spiro atoms. The largest absolute Gasteiger partial charge is 0.497 e. The Bertz CT molecular complexity index is 923. The monoisotopic (exact) mass is 446 g/mol. The number of carbonyl (C=O) groups is 2. The molecule has 1 atom stereocenters. The van der Waals surface area contributed by atoms with Gasteiger partial charge in [0, 0.05) is 16.4 Å². The molecule has 1 heterocycles. The molecule has 7 nitrogen and oxygen atoms in total. The van der Waals surface area contributed by atoms with Crippen molar-refractivity contribution in [2.24, 2.45) is 10.4 Å². The van der Waals surface area contributed by atoms with Gasteiger partial charge in [0.2, 0.25) is 0 Å². The number of rotatable bonds is 7. The molecule has 1 aliphatic heterocycles. The fraction of sp³-hybridized carbons (Fsp3) is 0.522. The van der Waals surface area contributed by atoms with Crippen molar-refractivity contribution >= 4 is 35.1 Å². The van der Waals surface area contributed by atoms with Gasteiger partial charge in [-0.3, -0.25) is 4.99 Å². The normalized spacial score (nSPS) is 19.8. The number of esters is 2. The second-order valence-electron chi connectivity index (χ2n) is 8.24. The van der Waals surface area contributed by atoms with E-state index in [0.29, 0.717) is 36.0 Å². The number of ether oxygens (including phenoxy) is 3. The van der Waals surface area contributed by atoms with E-state index in [1.165, 1.54) is 0 Å². The van der Waals surface area contributed by atoms with Gasteiger partial charge >= 0.3 is 11.9 Å². The summed E-state index contributed by atoms with van der Waals surface area (Å²) < 4.78 is 15.7. The molecule has 0 amide bonds. The minimum absolute atomic E-state index is 0.0433. The van der Waals surface area contributed by atoms with Crippen LogP contribution in [0.4, 0.5) is 5.69 Å². The number of carbonyl (C=O) groups excluding carboxylic acids is 2. The van der Waals surface area contributed by atoms with Crippen LogP contribution in [0.1, 0.15) is 50.9 Å². The summed E-state index contributed by atoms with van der Waals surface area (Å²) in [6.07, 6.45) is 1.58. The van der Waals surface area contributed by atoms with Crippen LogP contribution in [0, 0.1) is 5.41 Å². The Kier molecular flexibility index (Phi) is 7.30. The third kappa shape index (κ3) is 5.42. The summed E-state index contributed by atoms with van der Waals surface area (Å²) >= 11 is 1.61. The average molecular weight is 447 g/mol. The van der Waals surface area contributed by atoms with Crippen LogP contribution in [0.5, 0.6) is 5.75 Å². The van der Waals surface area contributed by atoms with E-state index in [9.17, 15) is 9.59 Å².